The minimum absolute atomic E-state index is 0.0963. The van der Waals surface area contributed by atoms with Crippen LogP contribution in [0, 0.1) is 11.8 Å². The van der Waals surface area contributed by atoms with E-state index in [0.29, 0.717) is 24.0 Å². The van der Waals surface area contributed by atoms with Crippen LogP contribution < -0.4 is 0 Å². The van der Waals surface area contributed by atoms with E-state index in [1.807, 2.05) is 0 Å². The number of allylic oxidation sites excluding steroid dienone is 2. The van der Waals surface area contributed by atoms with Crippen molar-refractivity contribution < 1.29 is 4.79 Å². The molecule has 1 fully saturated rings. The van der Waals surface area contributed by atoms with E-state index in [1.165, 1.54) is 40.3 Å². The molecular formula is C23H24O. The predicted molar refractivity (Wildman–Crippen MR) is 98.3 cm³/mol. The molecule has 1 nitrogen and oxygen atoms in total. The van der Waals surface area contributed by atoms with Crippen LogP contribution in [0.3, 0.4) is 0 Å². The molecule has 0 saturated heterocycles. The fraction of sp³-hybridized carbons (Fsp3) is 0.435. The Morgan fingerprint density at radius 1 is 1.21 bits per heavy atom. The molecule has 1 heteroatoms. The highest BCUT2D eigenvalue weighted by Crippen LogP contribution is 2.58. The maximum atomic E-state index is 12.6. The van der Waals surface area contributed by atoms with Gasteiger partial charge in [0, 0.05) is 18.3 Å². The Hall–Kier alpha value is -1.89. The fourth-order valence-corrected chi connectivity index (χ4v) is 5.72. The van der Waals surface area contributed by atoms with Crippen molar-refractivity contribution in [2.24, 2.45) is 11.8 Å². The van der Waals surface area contributed by atoms with E-state index in [1.54, 1.807) is 0 Å². The number of fused-ring (bicyclic) bond motifs is 6. The third-order valence-electron chi connectivity index (χ3n) is 6.66. The Bertz CT molecular complexity index is 875. The van der Waals surface area contributed by atoms with Crippen LogP contribution in [-0.4, -0.2) is 5.78 Å². The molecule has 5 rings (SSSR count). The number of rotatable bonds is 2. The lowest BCUT2D eigenvalue weighted by atomic mass is 9.62. The molecule has 122 valence electrons. The normalized spacial score (nSPS) is 30.5. The molecule has 0 N–H and O–H groups in total. The lowest BCUT2D eigenvalue weighted by Gasteiger charge is -2.40. The summed E-state index contributed by atoms with van der Waals surface area (Å²) >= 11 is 0. The lowest BCUT2D eigenvalue weighted by molar-refractivity contribution is -0.120. The molecule has 0 aliphatic heterocycles. The molecule has 3 aliphatic rings. The van der Waals surface area contributed by atoms with Gasteiger partial charge in [-0.1, -0.05) is 55.8 Å². The molecule has 2 aromatic rings. The van der Waals surface area contributed by atoms with Crippen molar-refractivity contribution in [3.05, 3.63) is 59.2 Å². The summed E-state index contributed by atoms with van der Waals surface area (Å²) in [5.74, 6) is 1.70. The first kappa shape index (κ1) is 14.5. The summed E-state index contributed by atoms with van der Waals surface area (Å²) in [4.78, 5) is 12.6. The van der Waals surface area contributed by atoms with Gasteiger partial charge < -0.3 is 0 Å². The molecule has 1 spiro atoms. The number of aryl methyl sites for hydroxylation is 1. The smallest absolute Gasteiger partial charge is 0.138 e. The SMILES string of the molecule is CCCc1cccc2cc3c(cc12)CC(=O)CC31CC2C=CC1C2. The van der Waals surface area contributed by atoms with Gasteiger partial charge in [-0.3, -0.25) is 4.79 Å². The zero-order chi connectivity index (χ0) is 16.3. The first-order chi connectivity index (χ1) is 11.7. The highest BCUT2D eigenvalue weighted by atomic mass is 16.1. The molecule has 2 bridgehead atoms. The van der Waals surface area contributed by atoms with E-state index in [2.05, 4.69) is 49.4 Å². The van der Waals surface area contributed by atoms with Gasteiger partial charge in [0.1, 0.15) is 5.78 Å². The Kier molecular flexibility index (Phi) is 3.04. The van der Waals surface area contributed by atoms with Crippen molar-refractivity contribution in [3.63, 3.8) is 0 Å². The second kappa shape index (κ2) is 5.05. The van der Waals surface area contributed by atoms with E-state index in [4.69, 9.17) is 0 Å². The van der Waals surface area contributed by atoms with Crippen molar-refractivity contribution in [2.75, 3.05) is 0 Å². The average molecular weight is 316 g/mol. The zero-order valence-corrected chi connectivity index (χ0v) is 14.3. The number of carbonyl (C=O) groups excluding carboxylic acids is 1. The van der Waals surface area contributed by atoms with Crippen LogP contribution in [0.25, 0.3) is 10.8 Å². The molecule has 3 aliphatic carbocycles. The summed E-state index contributed by atoms with van der Waals surface area (Å²) in [7, 11) is 0. The highest BCUT2D eigenvalue weighted by Gasteiger charge is 2.52. The van der Waals surface area contributed by atoms with Gasteiger partial charge in [-0.15, -0.1) is 0 Å². The standard InChI is InChI=1S/C23H24O/c1-2-4-16-5-3-6-17-12-22-18(11-21(16)17)10-20(24)14-23(22)13-15-7-8-19(23)9-15/h3,5-8,11-12,15,19H,2,4,9-10,13-14H2,1H3. The van der Waals surface area contributed by atoms with Crippen molar-refractivity contribution in [3.8, 4) is 0 Å². The number of hydrogen-bond acceptors (Lipinski definition) is 1. The maximum absolute atomic E-state index is 12.6. The van der Waals surface area contributed by atoms with Gasteiger partial charge in [-0.25, -0.2) is 0 Å². The zero-order valence-electron chi connectivity index (χ0n) is 14.3. The largest absolute Gasteiger partial charge is 0.299 e. The lowest BCUT2D eigenvalue weighted by Crippen LogP contribution is -2.38. The van der Waals surface area contributed by atoms with Crippen LogP contribution in [0.5, 0.6) is 0 Å². The van der Waals surface area contributed by atoms with E-state index in [0.717, 1.165) is 19.3 Å². The van der Waals surface area contributed by atoms with Crippen LogP contribution in [0.15, 0.2) is 42.5 Å². The highest BCUT2D eigenvalue weighted by molar-refractivity contribution is 5.92. The van der Waals surface area contributed by atoms with E-state index in [-0.39, 0.29) is 5.41 Å². The first-order valence-corrected chi connectivity index (χ1v) is 9.44. The minimum Gasteiger partial charge on any atom is -0.299 e. The number of Topliss-reactive ketones (excluding diaryl/α,β-unsaturated/α-hetero) is 1. The summed E-state index contributed by atoms with van der Waals surface area (Å²) in [6, 6.07) is 11.5. The molecule has 2 aromatic carbocycles. The Balaban J connectivity index is 1.74. The summed E-state index contributed by atoms with van der Waals surface area (Å²) in [6.07, 6.45) is 10.9. The van der Waals surface area contributed by atoms with Crippen molar-refractivity contribution in [2.45, 2.75) is 50.9 Å². The number of hydrogen-bond donors (Lipinski definition) is 0. The van der Waals surface area contributed by atoms with Gasteiger partial charge in [-0.2, -0.15) is 0 Å². The van der Waals surface area contributed by atoms with E-state index in [9.17, 15) is 4.79 Å². The molecule has 0 heterocycles. The Morgan fingerprint density at radius 2 is 2.12 bits per heavy atom. The quantitative estimate of drug-likeness (QED) is 0.701. The molecule has 3 atom stereocenters. The van der Waals surface area contributed by atoms with E-state index >= 15 is 0 Å². The summed E-state index contributed by atoms with van der Waals surface area (Å²) in [6.45, 7) is 2.23. The number of carbonyl (C=O) groups is 1. The Labute approximate surface area is 143 Å². The van der Waals surface area contributed by atoms with Crippen molar-refractivity contribution in [1.82, 2.24) is 0 Å². The van der Waals surface area contributed by atoms with Gasteiger partial charge in [0.15, 0.2) is 0 Å². The van der Waals surface area contributed by atoms with Gasteiger partial charge >= 0.3 is 0 Å². The van der Waals surface area contributed by atoms with Crippen LogP contribution >= 0.6 is 0 Å². The topological polar surface area (TPSA) is 17.1 Å². The third kappa shape index (κ3) is 1.90. The average Bonchev–Trinajstić information content (AvgIpc) is 3.15. The first-order valence-electron chi connectivity index (χ1n) is 9.44. The molecule has 0 amide bonds. The molecule has 0 radical (unpaired) electrons. The van der Waals surface area contributed by atoms with Crippen LogP contribution in [0.4, 0.5) is 0 Å². The van der Waals surface area contributed by atoms with Gasteiger partial charge in [0.2, 0.25) is 0 Å². The maximum Gasteiger partial charge on any atom is 0.138 e. The molecular weight excluding hydrogens is 292 g/mol. The molecule has 0 aromatic heterocycles. The van der Waals surface area contributed by atoms with Gasteiger partial charge in [0.05, 0.1) is 0 Å². The minimum atomic E-state index is 0.0963. The van der Waals surface area contributed by atoms with Crippen LogP contribution in [0.1, 0.15) is 49.3 Å². The molecule has 3 unspecified atom stereocenters. The van der Waals surface area contributed by atoms with Crippen LogP contribution in [0.2, 0.25) is 0 Å². The van der Waals surface area contributed by atoms with E-state index < -0.39 is 0 Å². The summed E-state index contributed by atoms with van der Waals surface area (Å²) < 4.78 is 0. The second-order valence-corrected chi connectivity index (χ2v) is 8.14. The van der Waals surface area contributed by atoms with Gasteiger partial charge in [0.25, 0.3) is 0 Å². The Morgan fingerprint density at radius 3 is 2.88 bits per heavy atom. The number of ketones is 1. The van der Waals surface area contributed by atoms with Gasteiger partial charge in [-0.05, 0) is 58.6 Å². The second-order valence-electron chi connectivity index (χ2n) is 8.14. The fourth-order valence-electron chi connectivity index (χ4n) is 5.72. The monoisotopic (exact) mass is 316 g/mol. The predicted octanol–water partition coefficient (Wildman–Crippen LogP) is 5.14. The number of benzene rings is 2. The van der Waals surface area contributed by atoms with Crippen molar-refractivity contribution >= 4 is 16.6 Å². The summed E-state index contributed by atoms with van der Waals surface area (Å²) in [5, 5.41) is 2.72. The molecule has 24 heavy (non-hydrogen) atoms. The summed E-state index contributed by atoms with van der Waals surface area (Å²) in [5.41, 5.74) is 4.32. The molecule has 1 saturated carbocycles. The third-order valence-corrected chi connectivity index (χ3v) is 6.66. The van der Waals surface area contributed by atoms with Crippen LogP contribution in [-0.2, 0) is 23.1 Å². The van der Waals surface area contributed by atoms with Crippen molar-refractivity contribution in [1.29, 1.82) is 0 Å².